The molecule has 108 valence electrons. The summed E-state index contributed by atoms with van der Waals surface area (Å²) < 4.78 is 19.4. The van der Waals surface area contributed by atoms with Crippen LogP contribution >= 0.6 is 0 Å². The second kappa shape index (κ2) is 7.01. The number of ether oxygens (including phenoxy) is 1. The summed E-state index contributed by atoms with van der Waals surface area (Å²) in [4.78, 5) is 0. The van der Waals surface area contributed by atoms with Gasteiger partial charge in [0.1, 0.15) is 5.82 Å². The molecular weight excluding hydrogens is 241 g/mol. The van der Waals surface area contributed by atoms with Crippen molar-refractivity contribution in [3.63, 3.8) is 0 Å². The van der Waals surface area contributed by atoms with Crippen LogP contribution in [0.5, 0.6) is 0 Å². The SMILES string of the molecule is CCCNC(COC(C)(C)C)c1cc(C)cc(F)c1. The monoisotopic (exact) mass is 267 g/mol. The number of nitrogens with one attached hydrogen (secondary N) is 1. The molecule has 0 heterocycles. The van der Waals surface area contributed by atoms with E-state index in [1.165, 1.54) is 0 Å². The normalized spacial score (nSPS) is 13.6. The lowest BCUT2D eigenvalue weighted by atomic mass is 10.0. The third kappa shape index (κ3) is 6.17. The number of rotatable bonds is 6. The molecule has 1 aromatic rings. The van der Waals surface area contributed by atoms with Crippen LogP contribution in [0, 0.1) is 12.7 Å². The highest BCUT2D eigenvalue weighted by Crippen LogP contribution is 2.19. The van der Waals surface area contributed by atoms with Gasteiger partial charge in [0.05, 0.1) is 18.2 Å². The molecule has 1 rings (SSSR count). The van der Waals surface area contributed by atoms with Crippen LogP contribution in [0.15, 0.2) is 18.2 Å². The zero-order valence-electron chi connectivity index (χ0n) is 12.7. The highest BCUT2D eigenvalue weighted by atomic mass is 19.1. The lowest BCUT2D eigenvalue weighted by Gasteiger charge is -2.25. The molecule has 1 unspecified atom stereocenters. The molecular formula is C16H26FNO. The molecule has 0 aliphatic heterocycles. The lowest BCUT2D eigenvalue weighted by molar-refractivity contribution is -0.0148. The Morgan fingerprint density at radius 1 is 1.26 bits per heavy atom. The summed E-state index contributed by atoms with van der Waals surface area (Å²) in [5.41, 5.74) is 1.71. The third-order valence-electron chi connectivity index (χ3n) is 2.79. The molecule has 0 aliphatic rings. The minimum Gasteiger partial charge on any atom is -0.374 e. The summed E-state index contributed by atoms with van der Waals surface area (Å²) in [7, 11) is 0. The van der Waals surface area contributed by atoms with Crippen LogP contribution in [0.25, 0.3) is 0 Å². The molecule has 1 N–H and O–H groups in total. The number of hydrogen-bond acceptors (Lipinski definition) is 2. The number of aryl methyl sites for hydroxylation is 1. The van der Waals surface area contributed by atoms with Crippen LogP contribution in [0.1, 0.15) is 51.3 Å². The van der Waals surface area contributed by atoms with Crippen molar-refractivity contribution in [2.75, 3.05) is 13.2 Å². The summed E-state index contributed by atoms with van der Waals surface area (Å²) in [6.07, 6.45) is 1.04. The van der Waals surface area contributed by atoms with Crippen LogP contribution in [0.3, 0.4) is 0 Å². The smallest absolute Gasteiger partial charge is 0.123 e. The number of benzene rings is 1. The molecule has 0 saturated heterocycles. The fraction of sp³-hybridized carbons (Fsp3) is 0.625. The maximum absolute atomic E-state index is 13.5. The molecule has 0 spiro atoms. The maximum Gasteiger partial charge on any atom is 0.123 e. The first-order valence-electron chi connectivity index (χ1n) is 6.96. The Morgan fingerprint density at radius 2 is 1.95 bits per heavy atom. The highest BCUT2D eigenvalue weighted by Gasteiger charge is 2.17. The second-order valence-electron chi connectivity index (χ2n) is 5.99. The standard InChI is InChI=1S/C16H26FNO/c1-6-7-18-15(11-19-16(3,4)5)13-8-12(2)9-14(17)10-13/h8-10,15,18H,6-7,11H2,1-5H3. The highest BCUT2D eigenvalue weighted by molar-refractivity contribution is 5.26. The van der Waals surface area contributed by atoms with Gasteiger partial charge in [0.25, 0.3) is 0 Å². The molecule has 0 fully saturated rings. The van der Waals surface area contributed by atoms with Crippen LogP contribution in [-0.4, -0.2) is 18.8 Å². The zero-order valence-corrected chi connectivity index (χ0v) is 12.7. The maximum atomic E-state index is 13.5. The van der Waals surface area contributed by atoms with Gasteiger partial charge in [-0.05, 0) is 63.9 Å². The molecule has 0 aliphatic carbocycles. The van der Waals surface area contributed by atoms with Crippen LogP contribution in [-0.2, 0) is 4.74 Å². The second-order valence-corrected chi connectivity index (χ2v) is 5.99. The molecule has 1 atom stereocenters. The Hall–Kier alpha value is -0.930. The molecule has 1 aromatic carbocycles. The fourth-order valence-corrected chi connectivity index (χ4v) is 1.89. The van der Waals surface area contributed by atoms with E-state index in [4.69, 9.17) is 4.74 Å². The summed E-state index contributed by atoms with van der Waals surface area (Å²) in [6, 6.07) is 5.19. The van der Waals surface area contributed by atoms with E-state index in [1.807, 2.05) is 33.8 Å². The Morgan fingerprint density at radius 3 is 2.47 bits per heavy atom. The summed E-state index contributed by atoms with van der Waals surface area (Å²) in [5.74, 6) is -0.186. The van der Waals surface area contributed by atoms with E-state index in [9.17, 15) is 4.39 Å². The van der Waals surface area contributed by atoms with Gasteiger partial charge in [-0.1, -0.05) is 13.0 Å². The van der Waals surface area contributed by atoms with Crippen LogP contribution < -0.4 is 5.32 Å². The van der Waals surface area contributed by atoms with Gasteiger partial charge in [0, 0.05) is 0 Å². The molecule has 0 bridgehead atoms. The van der Waals surface area contributed by atoms with E-state index >= 15 is 0 Å². The van der Waals surface area contributed by atoms with E-state index in [0.717, 1.165) is 24.1 Å². The molecule has 0 amide bonds. The summed E-state index contributed by atoms with van der Waals surface area (Å²) >= 11 is 0. The predicted molar refractivity (Wildman–Crippen MR) is 77.9 cm³/mol. The van der Waals surface area contributed by atoms with Crippen molar-refractivity contribution in [1.29, 1.82) is 0 Å². The summed E-state index contributed by atoms with van der Waals surface area (Å²) in [5, 5.41) is 3.42. The van der Waals surface area contributed by atoms with E-state index in [1.54, 1.807) is 12.1 Å². The fourth-order valence-electron chi connectivity index (χ4n) is 1.89. The number of hydrogen-bond donors (Lipinski definition) is 1. The first-order chi connectivity index (χ1) is 8.81. The van der Waals surface area contributed by atoms with Crippen molar-refractivity contribution in [2.24, 2.45) is 0 Å². The lowest BCUT2D eigenvalue weighted by Crippen LogP contribution is -2.31. The average Bonchev–Trinajstić information content (AvgIpc) is 2.26. The van der Waals surface area contributed by atoms with Crippen LogP contribution in [0.4, 0.5) is 4.39 Å². The molecule has 3 heteroatoms. The van der Waals surface area contributed by atoms with E-state index in [-0.39, 0.29) is 17.5 Å². The Labute approximate surface area is 116 Å². The van der Waals surface area contributed by atoms with E-state index in [2.05, 4.69) is 12.2 Å². The van der Waals surface area contributed by atoms with Crippen molar-refractivity contribution in [3.8, 4) is 0 Å². The van der Waals surface area contributed by atoms with Crippen molar-refractivity contribution in [2.45, 2.75) is 52.7 Å². The van der Waals surface area contributed by atoms with Crippen LogP contribution in [0.2, 0.25) is 0 Å². The van der Waals surface area contributed by atoms with Gasteiger partial charge >= 0.3 is 0 Å². The molecule has 2 nitrogen and oxygen atoms in total. The zero-order chi connectivity index (χ0) is 14.5. The minimum atomic E-state index is -0.186. The van der Waals surface area contributed by atoms with Crippen molar-refractivity contribution in [1.82, 2.24) is 5.32 Å². The van der Waals surface area contributed by atoms with Gasteiger partial charge in [-0.2, -0.15) is 0 Å². The van der Waals surface area contributed by atoms with E-state index in [0.29, 0.717) is 6.61 Å². The third-order valence-corrected chi connectivity index (χ3v) is 2.79. The van der Waals surface area contributed by atoms with Gasteiger partial charge in [0.2, 0.25) is 0 Å². The molecule has 0 aromatic heterocycles. The van der Waals surface area contributed by atoms with E-state index < -0.39 is 0 Å². The van der Waals surface area contributed by atoms with Gasteiger partial charge in [-0.3, -0.25) is 0 Å². The van der Waals surface area contributed by atoms with Gasteiger partial charge in [0.15, 0.2) is 0 Å². The largest absolute Gasteiger partial charge is 0.374 e. The molecule has 19 heavy (non-hydrogen) atoms. The predicted octanol–water partition coefficient (Wildman–Crippen LogP) is 3.99. The van der Waals surface area contributed by atoms with Crippen molar-refractivity contribution < 1.29 is 9.13 Å². The van der Waals surface area contributed by atoms with Crippen molar-refractivity contribution >= 4 is 0 Å². The minimum absolute atomic E-state index is 0.0357. The van der Waals surface area contributed by atoms with Crippen molar-refractivity contribution in [3.05, 3.63) is 35.1 Å². The number of halogens is 1. The Bertz CT molecular complexity index is 378. The Kier molecular flexibility index (Phi) is 5.95. The average molecular weight is 267 g/mol. The van der Waals surface area contributed by atoms with Gasteiger partial charge in [-0.25, -0.2) is 4.39 Å². The summed E-state index contributed by atoms with van der Waals surface area (Å²) in [6.45, 7) is 11.6. The first kappa shape index (κ1) is 16.1. The Balaban J connectivity index is 2.82. The topological polar surface area (TPSA) is 21.3 Å². The van der Waals surface area contributed by atoms with Gasteiger partial charge < -0.3 is 10.1 Å². The quantitative estimate of drug-likeness (QED) is 0.841. The van der Waals surface area contributed by atoms with Gasteiger partial charge in [-0.15, -0.1) is 0 Å². The first-order valence-corrected chi connectivity index (χ1v) is 6.96. The molecule has 0 radical (unpaired) electrons. The molecule has 0 saturated carbocycles.